The molecule has 6 rings (SSSR count). The minimum Gasteiger partial charge on any atom is -0.469 e. The number of carbonyl (C=O) groups excluding carboxylic acids is 1. The Morgan fingerprint density at radius 2 is 1.72 bits per heavy atom. The molecule has 4 saturated carbocycles. The lowest BCUT2D eigenvalue weighted by Crippen LogP contribution is -2.66. The van der Waals surface area contributed by atoms with Crippen LogP contribution >= 0.6 is 0 Å². The number of allylic oxidation sites excluding steroid dienone is 4. The number of ether oxygens (including phenoxy) is 1. The van der Waals surface area contributed by atoms with Gasteiger partial charge in [-0.3, -0.25) is 4.79 Å². The highest BCUT2D eigenvalue weighted by Gasteiger charge is 2.68. The minimum atomic E-state index is -0.0357. The third-order valence-electron chi connectivity index (χ3n) is 13.9. The molecule has 0 aromatic carbocycles. The van der Waals surface area contributed by atoms with Gasteiger partial charge in [0.2, 0.25) is 0 Å². The molecule has 200 valence electrons. The zero-order valence-corrected chi connectivity index (χ0v) is 23.7. The van der Waals surface area contributed by atoms with Crippen LogP contribution in [0.1, 0.15) is 111 Å². The summed E-state index contributed by atoms with van der Waals surface area (Å²) in [6.07, 6.45) is 21.3. The largest absolute Gasteiger partial charge is 0.469 e. The maximum absolute atomic E-state index is 12.0. The molecule has 6 aliphatic carbocycles. The third-order valence-corrected chi connectivity index (χ3v) is 13.9. The topological polar surface area (TPSA) is 52.3 Å². The fraction of sp³-hybridized carbons (Fsp3) is 0.848. The van der Waals surface area contributed by atoms with Gasteiger partial charge in [0, 0.05) is 5.54 Å². The van der Waals surface area contributed by atoms with Gasteiger partial charge in [0.05, 0.1) is 13.0 Å². The van der Waals surface area contributed by atoms with E-state index in [2.05, 4.69) is 39.8 Å². The van der Waals surface area contributed by atoms with E-state index in [0.29, 0.717) is 22.2 Å². The van der Waals surface area contributed by atoms with Gasteiger partial charge >= 0.3 is 5.97 Å². The Hall–Kier alpha value is -1.09. The predicted octanol–water partition coefficient (Wildman–Crippen LogP) is 7.60. The number of esters is 1. The van der Waals surface area contributed by atoms with E-state index in [1.165, 1.54) is 76.9 Å². The number of nitrogens with two attached hydrogens (primary N) is 1. The van der Waals surface area contributed by atoms with E-state index in [0.717, 1.165) is 42.9 Å². The smallest absolute Gasteiger partial charge is 0.308 e. The van der Waals surface area contributed by atoms with Crippen LogP contribution in [-0.2, 0) is 9.53 Å². The van der Waals surface area contributed by atoms with Crippen molar-refractivity contribution in [1.29, 1.82) is 0 Å². The Labute approximate surface area is 220 Å². The summed E-state index contributed by atoms with van der Waals surface area (Å²) in [5, 5.41) is 0. The lowest BCUT2D eigenvalue weighted by molar-refractivity contribution is -0.210. The van der Waals surface area contributed by atoms with Crippen LogP contribution in [0.4, 0.5) is 0 Å². The van der Waals surface area contributed by atoms with E-state index in [4.69, 9.17) is 10.5 Å². The average Bonchev–Trinajstić information content (AvgIpc) is 3.26. The van der Waals surface area contributed by atoms with Gasteiger partial charge in [-0.15, -0.1) is 0 Å². The van der Waals surface area contributed by atoms with Crippen LogP contribution in [0.25, 0.3) is 0 Å². The fourth-order valence-corrected chi connectivity index (χ4v) is 11.8. The summed E-state index contributed by atoms with van der Waals surface area (Å²) in [4.78, 5) is 12.0. The molecule has 7 unspecified atom stereocenters. The van der Waals surface area contributed by atoms with Crippen molar-refractivity contribution in [2.45, 2.75) is 117 Å². The SMILES string of the molecule is COC(=O)C1CC=C(C2=CC[C@@]3(C)C(CCC4(C)C3CCC3[C@H]5CCCC5(N)CC[C@]34C)C2C)CC1. The quantitative estimate of drug-likeness (QED) is 0.403. The van der Waals surface area contributed by atoms with Gasteiger partial charge in [-0.25, -0.2) is 0 Å². The molecule has 3 nitrogen and oxygen atoms in total. The number of fused-ring (bicyclic) bond motifs is 7. The van der Waals surface area contributed by atoms with E-state index in [9.17, 15) is 4.79 Å². The molecule has 2 N–H and O–H groups in total. The van der Waals surface area contributed by atoms with Crippen molar-refractivity contribution in [3.05, 3.63) is 23.3 Å². The Morgan fingerprint density at radius 3 is 2.44 bits per heavy atom. The van der Waals surface area contributed by atoms with Crippen LogP contribution in [0, 0.1) is 51.8 Å². The van der Waals surface area contributed by atoms with Gasteiger partial charge in [0.25, 0.3) is 0 Å². The van der Waals surface area contributed by atoms with Crippen molar-refractivity contribution >= 4 is 5.97 Å². The minimum absolute atomic E-state index is 0.0357. The van der Waals surface area contributed by atoms with Gasteiger partial charge in [0.1, 0.15) is 0 Å². The first-order valence-corrected chi connectivity index (χ1v) is 15.3. The zero-order chi connectivity index (χ0) is 25.5. The molecular weight excluding hydrogens is 442 g/mol. The number of hydrogen-bond donors (Lipinski definition) is 1. The van der Waals surface area contributed by atoms with E-state index < -0.39 is 0 Å². The van der Waals surface area contributed by atoms with E-state index in [1.54, 1.807) is 5.57 Å². The highest BCUT2D eigenvalue weighted by Crippen LogP contribution is 2.74. The van der Waals surface area contributed by atoms with Crippen molar-refractivity contribution in [2.24, 2.45) is 57.5 Å². The number of hydrogen-bond acceptors (Lipinski definition) is 3. The Bertz CT molecular complexity index is 982. The van der Waals surface area contributed by atoms with E-state index in [-0.39, 0.29) is 17.4 Å². The molecule has 0 spiro atoms. The van der Waals surface area contributed by atoms with Gasteiger partial charge in [-0.05, 0) is 134 Å². The lowest BCUT2D eigenvalue weighted by Gasteiger charge is -2.71. The molecule has 6 aliphatic rings. The number of carbonyl (C=O) groups is 1. The zero-order valence-electron chi connectivity index (χ0n) is 23.7. The number of methoxy groups -OCH3 is 1. The van der Waals surface area contributed by atoms with Crippen molar-refractivity contribution in [2.75, 3.05) is 7.11 Å². The van der Waals surface area contributed by atoms with Crippen LogP contribution in [0.3, 0.4) is 0 Å². The summed E-state index contributed by atoms with van der Waals surface area (Å²) < 4.78 is 5.02. The molecule has 0 aromatic rings. The second-order valence-corrected chi connectivity index (χ2v) is 14.8. The second-order valence-electron chi connectivity index (χ2n) is 14.8. The van der Waals surface area contributed by atoms with Crippen molar-refractivity contribution in [3.63, 3.8) is 0 Å². The monoisotopic (exact) mass is 493 g/mol. The Kier molecular flexibility index (Phi) is 5.92. The molecule has 0 heterocycles. The molecular formula is C33H51NO2. The van der Waals surface area contributed by atoms with E-state index in [1.807, 2.05) is 0 Å². The summed E-state index contributed by atoms with van der Waals surface area (Å²) in [5.74, 6) is 3.84. The van der Waals surface area contributed by atoms with Gasteiger partial charge in [-0.1, -0.05) is 46.3 Å². The van der Waals surface area contributed by atoms with Crippen LogP contribution in [0.15, 0.2) is 23.3 Å². The summed E-state index contributed by atoms with van der Waals surface area (Å²) in [7, 11) is 1.52. The first kappa shape index (κ1) is 25.2. The average molecular weight is 494 g/mol. The van der Waals surface area contributed by atoms with Crippen LogP contribution in [0.5, 0.6) is 0 Å². The van der Waals surface area contributed by atoms with Gasteiger partial charge < -0.3 is 10.5 Å². The Balaban J connectivity index is 1.27. The summed E-state index contributed by atoms with van der Waals surface area (Å²) in [6, 6.07) is 0. The van der Waals surface area contributed by atoms with Crippen LogP contribution in [-0.4, -0.2) is 18.6 Å². The molecule has 3 heteroatoms. The lowest BCUT2D eigenvalue weighted by atomic mass is 9.34. The first-order valence-electron chi connectivity index (χ1n) is 15.3. The van der Waals surface area contributed by atoms with Gasteiger partial charge in [0.15, 0.2) is 0 Å². The van der Waals surface area contributed by atoms with E-state index >= 15 is 0 Å². The molecule has 0 bridgehead atoms. The fourth-order valence-electron chi connectivity index (χ4n) is 11.8. The maximum atomic E-state index is 12.0. The predicted molar refractivity (Wildman–Crippen MR) is 146 cm³/mol. The highest BCUT2D eigenvalue weighted by atomic mass is 16.5. The molecule has 0 aromatic heterocycles. The van der Waals surface area contributed by atoms with Crippen LogP contribution in [0.2, 0.25) is 0 Å². The highest BCUT2D eigenvalue weighted by molar-refractivity contribution is 5.72. The molecule has 4 fully saturated rings. The third kappa shape index (κ3) is 3.29. The first-order chi connectivity index (χ1) is 17.1. The summed E-state index contributed by atoms with van der Waals surface area (Å²) >= 11 is 0. The molecule has 10 atom stereocenters. The van der Waals surface area contributed by atoms with Gasteiger partial charge in [-0.2, -0.15) is 0 Å². The molecule has 0 aliphatic heterocycles. The normalized spacial score (nSPS) is 52.2. The number of rotatable bonds is 2. The molecule has 36 heavy (non-hydrogen) atoms. The van der Waals surface area contributed by atoms with Crippen molar-refractivity contribution in [3.8, 4) is 0 Å². The Morgan fingerprint density at radius 1 is 0.917 bits per heavy atom. The molecule has 0 radical (unpaired) electrons. The van der Waals surface area contributed by atoms with Crippen molar-refractivity contribution < 1.29 is 9.53 Å². The maximum Gasteiger partial charge on any atom is 0.308 e. The molecule has 0 saturated heterocycles. The molecule has 0 amide bonds. The van der Waals surface area contributed by atoms with Crippen molar-refractivity contribution in [1.82, 2.24) is 0 Å². The second kappa shape index (κ2) is 8.45. The summed E-state index contributed by atoms with van der Waals surface area (Å²) in [5.41, 5.74) is 11.6. The van der Waals surface area contributed by atoms with Crippen LogP contribution < -0.4 is 5.73 Å². The summed E-state index contributed by atoms with van der Waals surface area (Å²) in [6.45, 7) is 10.6. The standard InChI is InChI=1S/C33H51NO2/c1-21-24(22-8-10-23(11-9-22)29(35)36-5)14-17-30(2)25(21)15-18-32(4)28(30)13-12-26-27-7-6-16-33(27,34)20-19-31(26,32)3/h8,14,21,23,25-28H,6-7,9-13,15-20,34H2,1-5H3/t21?,23?,25?,26?,27-,28?,30+,31-,32?,33?/m1/s1.